The van der Waals surface area contributed by atoms with E-state index in [0.717, 1.165) is 4.90 Å². The lowest BCUT2D eigenvalue weighted by molar-refractivity contribution is -0.185. The van der Waals surface area contributed by atoms with Crippen LogP contribution in [0.25, 0.3) is 0 Å². The van der Waals surface area contributed by atoms with Gasteiger partial charge in [0.25, 0.3) is 0 Å². The average Bonchev–Trinajstić information content (AvgIpc) is 2.01. The lowest BCUT2D eigenvalue weighted by atomic mass is 10.3. The van der Waals surface area contributed by atoms with Gasteiger partial charge in [-0.2, -0.15) is 13.2 Å². The predicted octanol–water partition coefficient (Wildman–Crippen LogP) is 0.746. The van der Waals surface area contributed by atoms with Gasteiger partial charge < -0.3 is 10.6 Å². The zero-order valence-corrected chi connectivity index (χ0v) is 7.40. The maximum absolute atomic E-state index is 11.9. The molecule has 0 aromatic carbocycles. The highest BCUT2D eigenvalue weighted by Crippen LogP contribution is 2.18. The minimum Gasteiger partial charge on any atom is -0.334 e. The number of hydrogen-bond acceptors (Lipinski definition) is 2. The van der Waals surface area contributed by atoms with E-state index < -0.39 is 12.1 Å². The Kier molecular flexibility index (Phi) is 4.76. The minimum absolute atomic E-state index is 0.0435. The van der Waals surface area contributed by atoms with Crippen molar-refractivity contribution in [1.82, 2.24) is 4.90 Å². The molecule has 0 saturated heterocycles. The third-order valence-electron chi connectivity index (χ3n) is 1.42. The molecule has 0 saturated carbocycles. The molecule has 0 heterocycles. The van der Waals surface area contributed by atoms with Crippen LogP contribution < -0.4 is 5.73 Å². The van der Waals surface area contributed by atoms with E-state index in [-0.39, 0.29) is 19.6 Å². The molecule has 0 rings (SSSR count). The van der Waals surface area contributed by atoms with Crippen LogP contribution in [0.3, 0.4) is 0 Å². The number of nitrogens with two attached hydrogens (primary N) is 1. The average molecular weight is 198 g/mol. The van der Waals surface area contributed by atoms with Gasteiger partial charge in [-0.1, -0.05) is 6.92 Å². The van der Waals surface area contributed by atoms with Crippen LogP contribution in [-0.2, 0) is 4.79 Å². The minimum atomic E-state index is -4.79. The number of carbonyl (C=O) groups excluding carboxylic acids is 1. The molecule has 0 fully saturated rings. The highest BCUT2D eigenvalue weighted by atomic mass is 19.4. The van der Waals surface area contributed by atoms with Gasteiger partial charge in [-0.15, -0.1) is 0 Å². The molecule has 13 heavy (non-hydrogen) atoms. The molecule has 6 heteroatoms. The van der Waals surface area contributed by atoms with Crippen molar-refractivity contribution in [2.75, 3.05) is 19.6 Å². The number of carbonyl (C=O) groups is 1. The summed E-state index contributed by atoms with van der Waals surface area (Å²) in [5.74, 6) is -1.81. The van der Waals surface area contributed by atoms with Crippen LogP contribution in [-0.4, -0.2) is 36.6 Å². The normalized spacial score (nSPS) is 11.5. The van der Waals surface area contributed by atoms with Crippen molar-refractivity contribution in [3.05, 3.63) is 0 Å². The Labute approximate surface area is 74.7 Å². The molecule has 3 nitrogen and oxygen atoms in total. The van der Waals surface area contributed by atoms with E-state index in [1.165, 1.54) is 0 Å². The Balaban J connectivity index is 4.27. The molecule has 0 radical (unpaired) electrons. The first-order chi connectivity index (χ1) is 5.93. The number of hydrogen-bond donors (Lipinski definition) is 1. The van der Waals surface area contributed by atoms with Gasteiger partial charge >= 0.3 is 12.1 Å². The summed E-state index contributed by atoms with van der Waals surface area (Å²) in [7, 11) is 0. The highest BCUT2D eigenvalue weighted by molar-refractivity contribution is 5.81. The van der Waals surface area contributed by atoms with Gasteiger partial charge in [0.15, 0.2) is 0 Å². The molecule has 0 spiro atoms. The predicted molar refractivity (Wildman–Crippen MR) is 42.0 cm³/mol. The number of halogens is 3. The summed E-state index contributed by atoms with van der Waals surface area (Å²) in [5, 5.41) is 0. The molecular weight excluding hydrogens is 185 g/mol. The van der Waals surface area contributed by atoms with E-state index in [0.29, 0.717) is 6.42 Å². The zero-order valence-electron chi connectivity index (χ0n) is 7.40. The maximum atomic E-state index is 11.9. The molecule has 0 bridgehead atoms. The first-order valence-electron chi connectivity index (χ1n) is 3.99. The van der Waals surface area contributed by atoms with Gasteiger partial charge in [-0.05, 0) is 6.42 Å². The largest absolute Gasteiger partial charge is 0.471 e. The number of amides is 1. The van der Waals surface area contributed by atoms with Gasteiger partial charge in [0.2, 0.25) is 0 Å². The van der Waals surface area contributed by atoms with Gasteiger partial charge in [0.05, 0.1) is 0 Å². The molecule has 0 aromatic heterocycles. The third kappa shape index (κ3) is 4.12. The van der Waals surface area contributed by atoms with Gasteiger partial charge in [0, 0.05) is 19.6 Å². The highest BCUT2D eigenvalue weighted by Gasteiger charge is 2.41. The molecule has 0 atom stereocenters. The van der Waals surface area contributed by atoms with Crippen LogP contribution in [0.15, 0.2) is 0 Å². The Hall–Kier alpha value is -0.780. The second-order valence-electron chi connectivity index (χ2n) is 2.58. The Morgan fingerprint density at radius 1 is 1.38 bits per heavy atom. The summed E-state index contributed by atoms with van der Waals surface area (Å²) in [4.78, 5) is 11.4. The molecule has 1 amide bonds. The van der Waals surface area contributed by atoms with E-state index in [1.54, 1.807) is 6.92 Å². The zero-order chi connectivity index (χ0) is 10.5. The van der Waals surface area contributed by atoms with Gasteiger partial charge in [-0.25, -0.2) is 0 Å². The van der Waals surface area contributed by atoms with E-state index in [9.17, 15) is 18.0 Å². The second kappa shape index (κ2) is 5.06. The van der Waals surface area contributed by atoms with Gasteiger partial charge in [0.1, 0.15) is 0 Å². The first kappa shape index (κ1) is 12.2. The summed E-state index contributed by atoms with van der Waals surface area (Å²) < 4.78 is 35.7. The lowest BCUT2D eigenvalue weighted by Crippen LogP contribution is -2.43. The summed E-state index contributed by atoms with van der Waals surface area (Å²) >= 11 is 0. The summed E-state index contributed by atoms with van der Waals surface area (Å²) in [6.07, 6.45) is -4.30. The van der Waals surface area contributed by atoms with E-state index in [1.807, 2.05) is 0 Å². The third-order valence-corrected chi connectivity index (χ3v) is 1.42. The van der Waals surface area contributed by atoms with Crippen LogP contribution in [0.1, 0.15) is 13.3 Å². The van der Waals surface area contributed by atoms with Crippen molar-refractivity contribution in [3.8, 4) is 0 Å². The monoisotopic (exact) mass is 198 g/mol. The summed E-state index contributed by atoms with van der Waals surface area (Å²) in [6.45, 7) is 1.79. The Bertz CT molecular complexity index is 164. The second-order valence-corrected chi connectivity index (χ2v) is 2.58. The fraction of sp³-hybridized carbons (Fsp3) is 0.857. The number of nitrogens with zero attached hydrogens (tertiary/aromatic N) is 1. The Morgan fingerprint density at radius 3 is 2.23 bits per heavy atom. The molecule has 78 valence electrons. The van der Waals surface area contributed by atoms with Crippen LogP contribution in [0.4, 0.5) is 13.2 Å². The smallest absolute Gasteiger partial charge is 0.334 e. The quantitative estimate of drug-likeness (QED) is 0.724. The molecule has 0 aliphatic rings. The molecular formula is C7H13F3N2O. The van der Waals surface area contributed by atoms with Crippen LogP contribution in [0.5, 0.6) is 0 Å². The van der Waals surface area contributed by atoms with E-state index >= 15 is 0 Å². The van der Waals surface area contributed by atoms with E-state index in [4.69, 9.17) is 5.73 Å². The molecule has 0 aliphatic carbocycles. The summed E-state index contributed by atoms with van der Waals surface area (Å²) in [6, 6.07) is 0. The Morgan fingerprint density at radius 2 is 1.92 bits per heavy atom. The molecule has 0 unspecified atom stereocenters. The van der Waals surface area contributed by atoms with Crippen LogP contribution >= 0.6 is 0 Å². The van der Waals surface area contributed by atoms with Crippen molar-refractivity contribution < 1.29 is 18.0 Å². The van der Waals surface area contributed by atoms with Crippen molar-refractivity contribution in [2.45, 2.75) is 19.5 Å². The SMILES string of the molecule is CCCN(CCN)C(=O)C(F)(F)F. The first-order valence-corrected chi connectivity index (χ1v) is 3.99. The van der Waals surface area contributed by atoms with Crippen molar-refractivity contribution in [2.24, 2.45) is 5.73 Å². The fourth-order valence-corrected chi connectivity index (χ4v) is 0.920. The van der Waals surface area contributed by atoms with Crippen molar-refractivity contribution in [3.63, 3.8) is 0 Å². The van der Waals surface area contributed by atoms with Crippen LogP contribution in [0, 0.1) is 0 Å². The lowest BCUT2D eigenvalue weighted by Gasteiger charge is -2.22. The van der Waals surface area contributed by atoms with Crippen molar-refractivity contribution >= 4 is 5.91 Å². The molecule has 2 N–H and O–H groups in total. The van der Waals surface area contributed by atoms with E-state index in [2.05, 4.69) is 0 Å². The number of alkyl halides is 3. The van der Waals surface area contributed by atoms with Crippen molar-refractivity contribution in [1.29, 1.82) is 0 Å². The number of rotatable bonds is 4. The maximum Gasteiger partial charge on any atom is 0.471 e. The topological polar surface area (TPSA) is 46.3 Å². The van der Waals surface area contributed by atoms with Crippen LogP contribution in [0.2, 0.25) is 0 Å². The molecule has 0 aliphatic heterocycles. The standard InChI is InChI=1S/C7H13F3N2O/c1-2-4-12(5-3-11)6(13)7(8,9)10/h2-5,11H2,1H3. The summed E-state index contributed by atoms with van der Waals surface area (Å²) in [5.41, 5.74) is 5.08. The molecule has 0 aromatic rings. The fourth-order valence-electron chi connectivity index (χ4n) is 0.920. The van der Waals surface area contributed by atoms with Gasteiger partial charge in [-0.3, -0.25) is 4.79 Å².